The third kappa shape index (κ3) is 4.15. The molecule has 2 rings (SSSR count). The molecule has 4 nitrogen and oxygen atoms in total. The molecule has 0 aromatic carbocycles. The molecule has 1 aromatic rings. The highest BCUT2D eigenvalue weighted by molar-refractivity contribution is 6.00. The number of nitrogens with one attached hydrogen (secondary N) is 1. The molecular weight excluding hydrogens is 180 g/mol. The molecule has 1 N–H and O–H groups in total. The van der Waals surface area contributed by atoms with E-state index in [0.29, 0.717) is 6.42 Å². The second-order valence-corrected chi connectivity index (χ2v) is 2.54. The number of H-pyrrole nitrogens is 1. The number of rotatable bonds is 0. The molecule has 0 radical (unpaired) electrons. The lowest BCUT2D eigenvalue weighted by Crippen LogP contribution is -1.98. The monoisotopic (exact) mass is 190 g/mol. The van der Waals surface area contributed by atoms with Crippen LogP contribution in [0.2, 0.25) is 0 Å². The van der Waals surface area contributed by atoms with Crippen LogP contribution >= 0.6 is 0 Å². The van der Waals surface area contributed by atoms with Gasteiger partial charge in [0.1, 0.15) is 0 Å². The molecule has 0 unspecified atom stereocenters. The minimum Gasteiger partial charge on any atom is -0.329 e. The summed E-state index contributed by atoms with van der Waals surface area (Å²) in [6.07, 6.45) is 6.65. The van der Waals surface area contributed by atoms with E-state index in [4.69, 9.17) is 0 Å². The molecule has 0 saturated heterocycles. The lowest BCUT2D eigenvalue weighted by Gasteiger charge is -1.88. The first-order chi connectivity index (χ1) is 6.79. The van der Waals surface area contributed by atoms with Gasteiger partial charge >= 0.3 is 0 Å². The summed E-state index contributed by atoms with van der Waals surface area (Å²) in [6, 6.07) is 4.93. The SMILES string of the molecule is O=C1C=CN=CC1.O=c1cccc[nH]1. The zero-order chi connectivity index (χ0) is 10.2. The number of ketones is 1. The number of hydrogen-bond donors (Lipinski definition) is 1. The summed E-state index contributed by atoms with van der Waals surface area (Å²) in [7, 11) is 0. The average Bonchev–Trinajstić information content (AvgIpc) is 2.21. The Hall–Kier alpha value is -1.97. The molecule has 0 fully saturated rings. The van der Waals surface area contributed by atoms with Crippen molar-refractivity contribution in [3.8, 4) is 0 Å². The molecule has 0 saturated carbocycles. The lowest BCUT2D eigenvalue weighted by atomic mass is 10.3. The van der Waals surface area contributed by atoms with Crippen molar-refractivity contribution in [2.24, 2.45) is 4.99 Å². The van der Waals surface area contributed by atoms with Crippen molar-refractivity contribution in [1.29, 1.82) is 0 Å². The molecule has 0 bridgehead atoms. The Kier molecular flexibility index (Phi) is 4.07. The largest absolute Gasteiger partial charge is 0.329 e. The Morgan fingerprint density at radius 2 is 2.14 bits per heavy atom. The van der Waals surface area contributed by atoms with Gasteiger partial charge in [0, 0.05) is 31.1 Å². The van der Waals surface area contributed by atoms with Crippen molar-refractivity contribution in [2.45, 2.75) is 6.42 Å². The molecule has 0 atom stereocenters. The molecular formula is C10H10N2O2. The van der Waals surface area contributed by atoms with Crippen LogP contribution in [0.4, 0.5) is 0 Å². The van der Waals surface area contributed by atoms with E-state index in [2.05, 4.69) is 9.98 Å². The summed E-state index contributed by atoms with van der Waals surface area (Å²) in [4.78, 5) is 26.7. The van der Waals surface area contributed by atoms with Gasteiger partial charge in [-0.1, -0.05) is 6.07 Å². The molecule has 72 valence electrons. The average molecular weight is 190 g/mol. The fourth-order valence-electron chi connectivity index (χ4n) is 0.775. The van der Waals surface area contributed by atoms with Crippen molar-refractivity contribution < 1.29 is 4.79 Å². The van der Waals surface area contributed by atoms with E-state index in [0.717, 1.165) is 0 Å². The Bertz CT molecular complexity index is 387. The van der Waals surface area contributed by atoms with E-state index in [9.17, 15) is 9.59 Å². The van der Waals surface area contributed by atoms with Crippen molar-refractivity contribution in [1.82, 2.24) is 4.98 Å². The standard InChI is InChI=1S/2C5H5NO/c7-5-1-3-6-4-2-5;7-5-3-1-2-4-6-5/h1,3-4H,2H2;1-4H,(H,6,7). The third-order valence-electron chi connectivity index (χ3n) is 1.42. The Balaban J connectivity index is 0.000000140. The van der Waals surface area contributed by atoms with E-state index in [1.165, 1.54) is 18.3 Å². The van der Waals surface area contributed by atoms with Gasteiger partial charge in [0.05, 0.1) is 0 Å². The van der Waals surface area contributed by atoms with E-state index in [1.54, 1.807) is 24.5 Å². The number of carbonyl (C=O) groups excluding carboxylic acids is 1. The summed E-state index contributed by atoms with van der Waals surface area (Å²) in [5.41, 5.74) is -0.0532. The molecule has 1 aromatic heterocycles. The molecule has 1 aliphatic rings. The van der Waals surface area contributed by atoms with Gasteiger partial charge in [-0.3, -0.25) is 14.6 Å². The first kappa shape index (κ1) is 10.1. The number of hydrogen-bond acceptors (Lipinski definition) is 3. The number of aliphatic imine (C=N–C) groups is 1. The maximum atomic E-state index is 10.3. The fourth-order valence-corrected chi connectivity index (χ4v) is 0.775. The first-order valence-corrected chi connectivity index (χ1v) is 4.14. The highest BCUT2D eigenvalue weighted by Crippen LogP contribution is 1.88. The third-order valence-corrected chi connectivity index (χ3v) is 1.42. The van der Waals surface area contributed by atoms with E-state index < -0.39 is 0 Å². The van der Waals surface area contributed by atoms with Crippen LogP contribution in [-0.4, -0.2) is 17.0 Å². The Morgan fingerprint density at radius 1 is 1.29 bits per heavy atom. The molecule has 14 heavy (non-hydrogen) atoms. The Morgan fingerprint density at radius 3 is 2.43 bits per heavy atom. The zero-order valence-corrected chi connectivity index (χ0v) is 7.51. The smallest absolute Gasteiger partial charge is 0.247 e. The van der Waals surface area contributed by atoms with Crippen molar-refractivity contribution in [3.05, 3.63) is 47.0 Å². The van der Waals surface area contributed by atoms with Crippen LogP contribution in [0.3, 0.4) is 0 Å². The van der Waals surface area contributed by atoms with Gasteiger partial charge in [0.25, 0.3) is 0 Å². The maximum Gasteiger partial charge on any atom is 0.247 e. The van der Waals surface area contributed by atoms with Crippen LogP contribution < -0.4 is 5.56 Å². The number of aromatic amines is 1. The summed E-state index contributed by atoms with van der Waals surface area (Å²) in [6.45, 7) is 0. The lowest BCUT2D eigenvalue weighted by molar-refractivity contribution is -0.113. The molecule has 1 aliphatic heterocycles. The molecule has 0 aliphatic carbocycles. The highest BCUT2D eigenvalue weighted by atomic mass is 16.1. The summed E-state index contributed by atoms with van der Waals surface area (Å²) < 4.78 is 0. The van der Waals surface area contributed by atoms with Crippen LogP contribution in [-0.2, 0) is 4.79 Å². The van der Waals surface area contributed by atoms with E-state index in [-0.39, 0.29) is 11.3 Å². The van der Waals surface area contributed by atoms with Gasteiger partial charge < -0.3 is 4.98 Å². The predicted octanol–water partition coefficient (Wildman–Crippen LogP) is 0.919. The van der Waals surface area contributed by atoms with Gasteiger partial charge in [-0.25, -0.2) is 0 Å². The maximum absolute atomic E-state index is 10.3. The normalized spacial score (nSPS) is 13.3. The quantitative estimate of drug-likeness (QED) is 0.661. The van der Waals surface area contributed by atoms with E-state index >= 15 is 0 Å². The van der Waals surface area contributed by atoms with Crippen LogP contribution in [0.1, 0.15) is 6.42 Å². The van der Waals surface area contributed by atoms with Crippen LogP contribution in [0.25, 0.3) is 0 Å². The number of pyridine rings is 1. The summed E-state index contributed by atoms with van der Waals surface area (Å²) in [5, 5.41) is 0. The van der Waals surface area contributed by atoms with Gasteiger partial charge in [0.15, 0.2) is 5.78 Å². The van der Waals surface area contributed by atoms with Crippen LogP contribution in [0.15, 0.2) is 46.5 Å². The molecule has 0 amide bonds. The Labute approximate surface area is 81.0 Å². The molecule has 0 spiro atoms. The topological polar surface area (TPSA) is 62.3 Å². The van der Waals surface area contributed by atoms with Crippen LogP contribution in [0, 0.1) is 0 Å². The predicted molar refractivity (Wildman–Crippen MR) is 54.3 cm³/mol. The van der Waals surface area contributed by atoms with Crippen molar-refractivity contribution in [2.75, 3.05) is 0 Å². The number of aromatic nitrogens is 1. The van der Waals surface area contributed by atoms with Crippen LogP contribution in [0.5, 0.6) is 0 Å². The van der Waals surface area contributed by atoms with E-state index in [1.807, 2.05) is 0 Å². The van der Waals surface area contributed by atoms with Crippen molar-refractivity contribution in [3.63, 3.8) is 0 Å². The highest BCUT2D eigenvalue weighted by Gasteiger charge is 1.93. The second kappa shape index (κ2) is 5.64. The minimum absolute atomic E-state index is 0.0532. The molecule has 2 heterocycles. The van der Waals surface area contributed by atoms with Gasteiger partial charge in [-0.2, -0.15) is 0 Å². The van der Waals surface area contributed by atoms with Gasteiger partial charge in [-0.15, -0.1) is 0 Å². The molecule has 4 heteroatoms. The number of nitrogens with zero attached hydrogens (tertiary/aromatic N) is 1. The summed E-state index contributed by atoms with van der Waals surface area (Å²) in [5.74, 6) is 0.134. The second-order valence-electron chi connectivity index (χ2n) is 2.54. The minimum atomic E-state index is -0.0532. The van der Waals surface area contributed by atoms with Gasteiger partial charge in [0.2, 0.25) is 5.56 Å². The van der Waals surface area contributed by atoms with Gasteiger partial charge in [-0.05, 0) is 12.1 Å². The zero-order valence-electron chi connectivity index (χ0n) is 7.51. The number of allylic oxidation sites excluding steroid dienone is 1. The fraction of sp³-hybridized carbons (Fsp3) is 0.100. The summed E-state index contributed by atoms with van der Waals surface area (Å²) >= 11 is 0. The first-order valence-electron chi connectivity index (χ1n) is 4.14. The number of carbonyl (C=O) groups is 1. The van der Waals surface area contributed by atoms with Crippen molar-refractivity contribution >= 4 is 12.0 Å².